The molecule has 0 spiro atoms. The summed E-state index contributed by atoms with van der Waals surface area (Å²) in [5, 5.41) is 8.64. The summed E-state index contributed by atoms with van der Waals surface area (Å²) in [7, 11) is 0. The fourth-order valence-corrected chi connectivity index (χ4v) is 1.19. The zero-order chi connectivity index (χ0) is 12.9. The summed E-state index contributed by atoms with van der Waals surface area (Å²) in [6, 6.07) is 5.35. The van der Waals surface area contributed by atoms with Crippen LogP contribution in [0.1, 0.15) is 18.4 Å². The van der Waals surface area contributed by atoms with E-state index in [1.807, 2.05) is 0 Å². The second-order valence-electron chi connectivity index (χ2n) is 3.29. The molecule has 0 radical (unpaired) electrons. The molecule has 0 N–H and O–H groups in total. The summed E-state index contributed by atoms with van der Waals surface area (Å²) in [5.41, 5.74) is -0.292. The average Bonchev–Trinajstić information content (AvgIpc) is 2.23. The van der Waals surface area contributed by atoms with E-state index in [1.54, 1.807) is 6.07 Å². The van der Waals surface area contributed by atoms with Crippen LogP contribution in [0.25, 0.3) is 0 Å². The van der Waals surface area contributed by atoms with Gasteiger partial charge in [0.1, 0.15) is 23.2 Å². The van der Waals surface area contributed by atoms with E-state index in [4.69, 9.17) is 10.00 Å². The maximum Gasteiger partial charge on any atom is 0.389 e. The molecular weight excluding hydrogens is 238 g/mol. The molecule has 0 amide bonds. The van der Waals surface area contributed by atoms with Crippen LogP contribution < -0.4 is 4.74 Å². The molecule has 0 aliphatic carbocycles. The van der Waals surface area contributed by atoms with Crippen molar-refractivity contribution in [2.24, 2.45) is 0 Å². The molecule has 0 bridgehead atoms. The number of benzene rings is 1. The molecule has 1 aromatic carbocycles. The first-order valence-corrected chi connectivity index (χ1v) is 4.82. The fraction of sp³-hybridized carbons (Fsp3) is 0.364. The maximum absolute atomic E-state index is 13.1. The lowest BCUT2D eigenvalue weighted by Gasteiger charge is -2.09. The van der Waals surface area contributed by atoms with Crippen LogP contribution in [0.5, 0.6) is 5.75 Å². The van der Waals surface area contributed by atoms with Gasteiger partial charge in [-0.15, -0.1) is 0 Å². The molecule has 0 fully saturated rings. The minimum Gasteiger partial charge on any atom is -0.492 e. The van der Waals surface area contributed by atoms with Gasteiger partial charge in [0.2, 0.25) is 0 Å². The van der Waals surface area contributed by atoms with Crippen LogP contribution in [0, 0.1) is 17.1 Å². The van der Waals surface area contributed by atoms with Gasteiger partial charge in [-0.2, -0.15) is 18.4 Å². The standard InChI is InChI=1S/C11H9F4NO/c12-9-3-1-4-10(8(9)7-16)17-6-2-5-11(13,14)15/h1,3-4H,2,5-6H2. The highest BCUT2D eigenvalue weighted by Crippen LogP contribution is 2.23. The Bertz CT molecular complexity index is 422. The number of hydrogen-bond donors (Lipinski definition) is 0. The molecule has 6 heteroatoms. The van der Waals surface area contributed by atoms with Crippen LogP contribution in [-0.2, 0) is 0 Å². The number of nitrogens with zero attached hydrogens (tertiary/aromatic N) is 1. The molecule has 1 aromatic rings. The fourth-order valence-electron chi connectivity index (χ4n) is 1.19. The largest absolute Gasteiger partial charge is 0.492 e. The number of alkyl halides is 3. The van der Waals surface area contributed by atoms with Gasteiger partial charge in [-0.25, -0.2) is 4.39 Å². The third-order valence-electron chi connectivity index (χ3n) is 1.95. The predicted molar refractivity (Wildman–Crippen MR) is 51.9 cm³/mol. The van der Waals surface area contributed by atoms with Gasteiger partial charge in [-0.3, -0.25) is 0 Å². The number of hydrogen-bond acceptors (Lipinski definition) is 2. The van der Waals surface area contributed by atoms with E-state index in [1.165, 1.54) is 12.1 Å². The molecule has 0 unspecified atom stereocenters. The summed E-state index contributed by atoms with van der Waals surface area (Å²) in [6.07, 6.45) is -5.43. The van der Waals surface area contributed by atoms with Crippen LogP contribution in [0.4, 0.5) is 17.6 Å². The van der Waals surface area contributed by atoms with E-state index in [0.29, 0.717) is 0 Å². The van der Waals surface area contributed by atoms with E-state index in [9.17, 15) is 17.6 Å². The first-order chi connectivity index (χ1) is 7.94. The Morgan fingerprint density at radius 3 is 2.59 bits per heavy atom. The van der Waals surface area contributed by atoms with E-state index < -0.39 is 18.4 Å². The third-order valence-corrected chi connectivity index (χ3v) is 1.95. The second kappa shape index (κ2) is 5.53. The molecule has 0 saturated carbocycles. The van der Waals surface area contributed by atoms with E-state index in [2.05, 4.69) is 0 Å². The van der Waals surface area contributed by atoms with Crippen LogP contribution in [0.3, 0.4) is 0 Å². The Balaban J connectivity index is 2.53. The second-order valence-corrected chi connectivity index (χ2v) is 3.29. The summed E-state index contributed by atoms with van der Waals surface area (Å²) < 4.78 is 53.5. The quantitative estimate of drug-likeness (QED) is 0.603. The normalized spacial score (nSPS) is 11.0. The van der Waals surface area contributed by atoms with Crippen molar-refractivity contribution in [1.82, 2.24) is 0 Å². The Hall–Kier alpha value is -1.77. The Labute approximate surface area is 95.4 Å². The lowest BCUT2D eigenvalue weighted by Crippen LogP contribution is -2.10. The SMILES string of the molecule is N#Cc1c(F)cccc1OCCCC(F)(F)F. The molecule has 1 rings (SSSR count). The number of rotatable bonds is 4. The highest BCUT2D eigenvalue weighted by atomic mass is 19.4. The van der Waals surface area contributed by atoms with Crippen molar-refractivity contribution >= 4 is 0 Å². The van der Waals surface area contributed by atoms with Gasteiger partial charge in [0.05, 0.1) is 6.61 Å². The zero-order valence-corrected chi connectivity index (χ0v) is 8.72. The minimum absolute atomic E-state index is 0.0327. The van der Waals surface area contributed by atoms with Crippen LogP contribution in [-0.4, -0.2) is 12.8 Å². The smallest absolute Gasteiger partial charge is 0.389 e. The first-order valence-electron chi connectivity index (χ1n) is 4.82. The van der Waals surface area contributed by atoms with Gasteiger partial charge in [-0.05, 0) is 18.6 Å². The van der Waals surface area contributed by atoms with Crippen molar-refractivity contribution in [3.63, 3.8) is 0 Å². The maximum atomic E-state index is 13.1. The van der Waals surface area contributed by atoms with Gasteiger partial charge >= 0.3 is 6.18 Å². The number of nitriles is 1. The molecule has 17 heavy (non-hydrogen) atoms. The van der Waals surface area contributed by atoms with Gasteiger partial charge in [-0.1, -0.05) is 6.07 Å². The van der Waals surface area contributed by atoms with Crippen LogP contribution >= 0.6 is 0 Å². The minimum atomic E-state index is -4.23. The van der Waals surface area contributed by atoms with Crippen LogP contribution in [0.2, 0.25) is 0 Å². The summed E-state index contributed by atoms with van der Waals surface area (Å²) >= 11 is 0. The van der Waals surface area contributed by atoms with E-state index >= 15 is 0 Å². The molecule has 0 heterocycles. The molecule has 2 nitrogen and oxygen atoms in total. The van der Waals surface area contributed by atoms with Gasteiger partial charge in [0.25, 0.3) is 0 Å². The van der Waals surface area contributed by atoms with E-state index in [-0.39, 0.29) is 24.3 Å². The van der Waals surface area contributed by atoms with E-state index in [0.717, 1.165) is 6.07 Å². The summed E-state index contributed by atoms with van der Waals surface area (Å²) in [5.74, 6) is -0.782. The molecule has 0 aromatic heterocycles. The van der Waals surface area contributed by atoms with Crippen molar-refractivity contribution in [2.75, 3.05) is 6.61 Å². The monoisotopic (exact) mass is 247 g/mol. The van der Waals surface area contributed by atoms with Gasteiger partial charge < -0.3 is 4.74 Å². The zero-order valence-electron chi connectivity index (χ0n) is 8.72. The van der Waals surface area contributed by atoms with Gasteiger partial charge in [0.15, 0.2) is 0 Å². The molecule has 0 atom stereocenters. The third kappa shape index (κ3) is 4.31. The topological polar surface area (TPSA) is 33.0 Å². The molecule has 0 aliphatic rings. The van der Waals surface area contributed by atoms with Crippen molar-refractivity contribution < 1.29 is 22.3 Å². The Morgan fingerprint density at radius 1 is 1.29 bits per heavy atom. The number of ether oxygens (including phenoxy) is 1. The molecular formula is C11H9F4NO. The summed E-state index contributed by atoms with van der Waals surface area (Å²) in [4.78, 5) is 0. The van der Waals surface area contributed by atoms with Gasteiger partial charge in [0, 0.05) is 6.42 Å². The first kappa shape index (κ1) is 13.3. The lowest BCUT2D eigenvalue weighted by molar-refractivity contribution is -0.136. The average molecular weight is 247 g/mol. The van der Waals surface area contributed by atoms with Crippen molar-refractivity contribution in [2.45, 2.75) is 19.0 Å². The Kier molecular flexibility index (Phi) is 4.32. The molecule has 0 aliphatic heterocycles. The van der Waals surface area contributed by atoms with Crippen molar-refractivity contribution in [3.8, 4) is 11.8 Å². The highest BCUT2D eigenvalue weighted by Gasteiger charge is 2.26. The van der Waals surface area contributed by atoms with Crippen molar-refractivity contribution in [3.05, 3.63) is 29.6 Å². The van der Waals surface area contributed by atoms with Crippen LogP contribution in [0.15, 0.2) is 18.2 Å². The highest BCUT2D eigenvalue weighted by molar-refractivity contribution is 5.43. The molecule has 0 saturated heterocycles. The lowest BCUT2D eigenvalue weighted by atomic mass is 10.2. The summed E-state index contributed by atoms with van der Waals surface area (Å²) in [6.45, 7) is -0.211. The predicted octanol–water partition coefficient (Wildman–Crippen LogP) is 3.42. The molecule has 92 valence electrons. The number of halogens is 4. The Morgan fingerprint density at radius 2 is 2.00 bits per heavy atom. The van der Waals surface area contributed by atoms with Crippen molar-refractivity contribution in [1.29, 1.82) is 5.26 Å².